The van der Waals surface area contributed by atoms with Crippen molar-refractivity contribution in [1.82, 2.24) is 90.5 Å². The number of likely N-dealkylation sites (tertiary alicyclic amines) is 2. The number of aromatic amines is 4. The molecule has 0 aliphatic carbocycles. The lowest BCUT2D eigenvalue weighted by Crippen LogP contribution is -2.33. The molecule has 4 amide bonds. The molecule has 4 fully saturated rings. The van der Waals surface area contributed by atoms with E-state index in [0.29, 0.717) is 71.1 Å². The van der Waals surface area contributed by atoms with Gasteiger partial charge in [-0.3, -0.25) is 89.2 Å². The molecule has 0 radical (unpaired) electrons. The smallest absolute Gasteiger partial charge is 0.276 e. The van der Waals surface area contributed by atoms with Crippen LogP contribution < -0.4 is 31.1 Å². The van der Waals surface area contributed by atoms with E-state index in [9.17, 15) is 32.3 Å². The fraction of sp³-hybridized carbons (Fsp3) is 0.217. The molecule has 4 aliphatic heterocycles. The molecule has 31 heteroatoms. The molecule has 4 aromatic carbocycles. The van der Waals surface area contributed by atoms with Gasteiger partial charge >= 0.3 is 0 Å². The molecular formula is C92H85F3N24O4. The number of anilines is 6. The number of fused-ring (bicyclic) bond motifs is 4. The summed E-state index contributed by atoms with van der Waals surface area (Å²) in [5.74, 6) is -3.76. The van der Waals surface area contributed by atoms with Crippen molar-refractivity contribution in [3.8, 4) is 44.5 Å². The topological polar surface area (TPSA) is 347 Å². The minimum Gasteiger partial charge on any atom is -0.370 e. The number of benzene rings is 4. The van der Waals surface area contributed by atoms with Gasteiger partial charge in [-0.15, -0.1) is 0 Å². The predicted molar refractivity (Wildman–Crippen MR) is 468 cm³/mol. The van der Waals surface area contributed by atoms with E-state index in [1.165, 1.54) is 32.1 Å². The number of carbonyl (C=O) groups excluding carboxylic acids is 4. The normalized spacial score (nSPS) is 14.7. The van der Waals surface area contributed by atoms with Crippen molar-refractivity contribution in [2.24, 2.45) is 0 Å². The molecule has 16 heterocycles. The van der Waals surface area contributed by atoms with Crippen molar-refractivity contribution in [1.29, 1.82) is 0 Å². The average Bonchev–Trinajstić information content (AvgIpc) is 1.66. The van der Waals surface area contributed by atoms with E-state index in [4.69, 9.17) is 0 Å². The Morgan fingerprint density at radius 2 is 0.650 bits per heavy atom. The zero-order valence-electron chi connectivity index (χ0n) is 66.8. The zero-order chi connectivity index (χ0) is 84.0. The minimum absolute atomic E-state index is 0.110. The quantitative estimate of drug-likeness (QED) is 0.0395. The Labute approximate surface area is 703 Å². The first-order chi connectivity index (χ1) is 60.2. The summed E-state index contributed by atoms with van der Waals surface area (Å²) in [4.78, 5) is 93.2. The van der Waals surface area contributed by atoms with E-state index in [0.717, 1.165) is 151 Å². The maximum atomic E-state index is 13.5. The number of carbonyl (C=O) groups is 4. The van der Waals surface area contributed by atoms with Gasteiger partial charge in [-0.2, -0.15) is 20.4 Å². The van der Waals surface area contributed by atoms with Crippen LogP contribution in [0.5, 0.6) is 0 Å². The summed E-state index contributed by atoms with van der Waals surface area (Å²) in [5, 5.41) is 42.9. The molecule has 28 nitrogen and oxygen atoms in total. The molecule has 618 valence electrons. The number of rotatable bonds is 18. The van der Waals surface area contributed by atoms with Gasteiger partial charge in [0.1, 0.15) is 6.17 Å². The Kier molecular flexibility index (Phi) is 24.4. The van der Waals surface area contributed by atoms with Crippen LogP contribution in [0.15, 0.2) is 245 Å². The number of nitrogens with one attached hydrogen (secondary N) is 8. The van der Waals surface area contributed by atoms with E-state index in [2.05, 4.69) is 135 Å². The first-order valence-corrected chi connectivity index (χ1v) is 40.7. The van der Waals surface area contributed by atoms with Gasteiger partial charge in [-0.1, -0.05) is 24.3 Å². The third-order valence-electron chi connectivity index (χ3n) is 22.0. The number of hydrogen-bond donors (Lipinski definition) is 8. The van der Waals surface area contributed by atoms with Crippen LogP contribution in [-0.4, -0.2) is 179 Å². The average molecular weight is 1650 g/mol. The van der Waals surface area contributed by atoms with Crippen molar-refractivity contribution in [2.75, 3.05) is 83.4 Å². The third-order valence-corrected chi connectivity index (χ3v) is 22.0. The summed E-state index contributed by atoms with van der Waals surface area (Å²) < 4.78 is 40.4. The number of amides is 4. The fourth-order valence-corrected chi connectivity index (χ4v) is 15.6. The van der Waals surface area contributed by atoms with Crippen molar-refractivity contribution in [2.45, 2.75) is 76.6 Å². The SMILES string of the molecule is O=C(Nc1ccncc1)c1n[nH]c2ccc(-c3cncc(CN4CCC(F)(F)C4)c3)cc12.O=C(Nc1ccncc1)c1n[nH]c2ccc(-c3cncc(CN4CCC(F)CC4)c3)cc12.O=C(Nc1ccncc1)c1n[nH]c2ccc(-c3cncc(N4CCCC4)c3)cc12.O=C(Nc1ccncc1)c1n[nH]c2ccc(-c3cncc(N4CCCCC4)c3)cc12. The highest BCUT2D eigenvalue weighted by atomic mass is 19.3. The molecule has 8 N–H and O–H groups in total. The Bertz CT molecular complexity index is 6400. The van der Waals surface area contributed by atoms with E-state index >= 15 is 0 Å². The minimum atomic E-state index is -2.62. The van der Waals surface area contributed by atoms with Crippen LogP contribution in [0.1, 0.15) is 104 Å². The van der Waals surface area contributed by atoms with Gasteiger partial charge < -0.3 is 31.1 Å². The van der Waals surface area contributed by atoms with Crippen LogP contribution in [0, 0.1) is 0 Å². The second kappa shape index (κ2) is 37.2. The summed E-state index contributed by atoms with van der Waals surface area (Å²) >= 11 is 0. The highest BCUT2D eigenvalue weighted by Gasteiger charge is 2.38. The molecule has 12 aromatic heterocycles. The van der Waals surface area contributed by atoms with Crippen LogP contribution >= 0.6 is 0 Å². The van der Waals surface area contributed by atoms with Crippen molar-refractivity contribution < 1.29 is 32.3 Å². The summed E-state index contributed by atoms with van der Waals surface area (Å²) in [7, 11) is 0. The van der Waals surface area contributed by atoms with E-state index < -0.39 is 12.1 Å². The maximum Gasteiger partial charge on any atom is 0.276 e. The lowest BCUT2D eigenvalue weighted by atomic mass is 10.0. The lowest BCUT2D eigenvalue weighted by molar-refractivity contribution is 0.0114. The largest absolute Gasteiger partial charge is 0.370 e. The molecule has 0 spiro atoms. The second-order valence-electron chi connectivity index (χ2n) is 30.6. The van der Waals surface area contributed by atoms with E-state index in [1.807, 2.05) is 116 Å². The second-order valence-corrected chi connectivity index (χ2v) is 30.6. The lowest BCUT2D eigenvalue weighted by Gasteiger charge is -2.28. The van der Waals surface area contributed by atoms with Gasteiger partial charge in [0.2, 0.25) is 0 Å². The number of alkyl halides is 3. The van der Waals surface area contributed by atoms with Crippen LogP contribution in [0.2, 0.25) is 0 Å². The van der Waals surface area contributed by atoms with Gasteiger partial charge in [0, 0.05) is 219 Å². The fourth-order valence-electron chi connectivity index (χ4n) is 15.6. The highest BCUT2D eigenvalue weighted by Crippen LogP contribution is 2.35. The Hall–Kier alpha value is -14.9. The Balaban J connectivity index is 0.000000116. The number of aromatic nitrogens is 16. The molecule has 123 heavy (non-hydrogen) atoms. The number of pyridine rings is 8. The monoisotopic (exact) mass is 1650 g/mol. The molecule has 0 saturated carbocycles. The first-order valence-electron chi connectivity index (χ1n) is 40.7. The number of nitrogens with zero attached hydrogens (tertiary/aromatic N) is 16. The van der Waals surface area contributed by atoms with Gasteiger partial charge in [-0.05, 0) is 200 Å². The number of H-pyrrole nitrogens is 4. The number of piperidine rings is 2. The van der Waals surface area contributed by atoms with Gasteiger partial charge in [-0.25, -0.2) is 13.2 Å². The Morgan fingerprint density at radius 1 is 0.341 bits per heavy atom. The van der Waals surface area contributed by atoms with Crippen LogP contribution in [0.3, 0.4) is 0 Å². The third kappa shape index (κ3) is 19.7. The molecular weight excluding hydrogens is 1560 g/mol. The van der Waals surface area contributed by atoms with Crippen LogP contribution in [0.25, 0.3) is 88.1 Å². The van der Waals surface area contributed by atoms with Crippen LogP contribution in [0.4, 0.5) is 47.3 Å². The van der Waals surface area contributed by atoms with Crippen molar-refractivity contribution in [3.63, 3.8) is 0 Å². The summed E-state index contributed by atoms with van der Waals surface area (Å²) in [6.45, 7) is 7.14. The molecule has 0 atom stereocenters. The standard InChI is InChI=1S/C24H23FN6O.C23H20F2N6O.C23H22N6O.C22H20N6O/c25-19-5-9-31(10-6-19)15-16-11-18(14-27-13-16)17-1-2-22-21(12-17)23(30-29-22)24(32)28-20-3-7-26-8-4-20;24-23(25)5-8-31(14-23)13-15-9-17(12-27-11-15)16-1-2-20-19(10-16)21(30-29-20)22(32)28-18-3-6-26-7-4-18;30-23(26-18-6-8-24-9-7-18)22-20-13-16(4-5-21(20)27-28-22)17-12-19(15-25-14-17)29-10-2-1-3-11-29;29-22(25-17-5-7-23-8-6-17)21-19-12-15(3-4-20(19)26-27-21)16-11-18(14-24-13-16)28-9-1-2-10-28/h1-4,7-8,11-14,19H,5-6,9-10,15H2,(H,29,30)(H,26,28,32);1-4,6-7,9-12H,5,8,13-14H2,(H,29,30)(H,26,28,32);4-9,12-15H,1-3,10-11H2,(H,27,28)(H,24,26,30);3-8,11-14H,1-2,9-10H2,(H,26,27)(H,23,25,29). The molecule has 0 unspecified atom stereocenters. The molecule has 4 saturated heterocycles. The predicted octanol–water partition coefficient (Wildman–Crippen LogP) is 16.5. The number of halogens is 3. The zero-order valence-corrected chi connectivity index (χ0v) is 66.8. The molecule has 0 bridgehead atoms. The Morgan fingerprint density at radius 3 is 0.976 bits per heavy atom. The van der Waals surface area contributed by atoms with Gasteiger partial charge in [0.25, 0.3) is 29.6 Å². The van der Waals surface area contributed by atoms with Crippen molar-refractivity contribution >= 4 is 101 Å². The summed E-state index contributed by atoms with van der Waals surface area (Å²) in [5.41, 5.74) is 19.1. The first kappa shape index (κ1) is 80.6. The number of hydrogen-bond acceptors (Lipinski definition) is 20. The van der Waals surface area contributed by atoms with Crippen LogP contribution in [-0.2, 0) is 13.1 Å². The van der Waals surface area contributed by atoms with Gasteiger partial charge in [0.15, 0.2) is 22.8 Å². The summed E-state index contributed by atoms with van der Waals surface area (Å²) in [6, 6.07) is 45.7. The molecule has 4 aliphatic rings. The molecule has 16 aromatic rings. The van der Waals surface area contributed by atoms with E-state index in [-0.39, 0.29) is 42.3 Å². The highest BCUT2D eigenvalue weighted by molar-refractivity contribution is 6.14. The molecule has 20 rings (SSSR count). The summed E-state index contributed by atoms with van der Waals surface area (Å²) in [6.07, 6.45) is 34.2. The van der Waals surface area contributed by atoms with E-state index in [1.54, 1.807) is 115 Å². The maximum absolute atomic E-state index is 13.5. The van der Waals surface area contributed by atoms with Gasteiger partial charge in [0.05, 0.1) is 52.4 Å². The van der Waals surface area contributed by atoms with Crippen molar-refractivity contribution in [3.05, 3.63) is 279 Å².